The van der Waals surface area contributed by atoms with Crippen molar-refractivity contribution in [2.45, 2.75) is 51.9 Å². The van der Waals surface area contributed by atoms with E-state index in [1.165, 1.54) is 32.1 Å². The number of hydrogen-bond acceptors (Lipinski definition) is 3. The molecule has 0 aromatic rings. The van der Waals surface area contributed by atoms with E-state index in [1.807, 2.05) is 6.08 Å². The molecule has 100 valence electrons. The van der Waals surface area contributed by atoms with Crippen LogP contribution in [0.1, 0.15) is 51.9 Å². The number of unbranched alkanes of at least 4 members (excludes halogenated alkanes) is 5. The van der Waals surface area contributed by atoms with Gasteiger partial charge in [-0.05, 0) is 6.42 Å². The number of allylic oxidation sites excluding steroid dienone is 1. The zero-order chi connectivity index (χ0) is 12.6. The lowest BCUT2D eigenvalue weighted by Crippen LogP contribution is -2.01. The molecule has 0 N–H and O–H groups in total. The highest BCUT2D eigenvalue weighted by Gasteiger charge is 1.90. The fraction of sp³-hybridized carbons (Fsp3) is 0.786. The van der Waals surface area contributed by atoms with Gasteiger partial charge in [0.1, 0.15) is 13.1 Å². The van der Waals surface area contributed by atoms with Gasteiger partial charge < -0.3 is 14.3 Å². The van der Waals surface area contributed by atoms with Crippen LogP contribution >= 0.6 is 0 Å². The smallest absolute Gasteiger partial charge is 0.147 e. The molecule has 0 aliphatic rings. The molecule has 3 heteroatoms. The van der Waals surface area contributed by atoms with Crippen LogP contribution in [-0.2, 0) is 14.3 Å². The van der Waals surface area contributed by atoms with Gasteiger partial charge in [0, 0.05) is 13.0 Å². The Hall–Kier alpha value is -0.670. The number of carbonyl (C=O) groups is 1. The summed E-state index contributed by atoms with van der Waals surface area (Å²) in [5, 5.41) is 0. The van der Waals surface area contributed by atoms with Gasteiger partial charge in [0.15, 0.2) is 0 Å². The molecule has 0 aromatic carbocycles. The second kappa shape index (κ2) is 15.3. The maximum atomic E-state index is 9.99. The molecule has 0 bridgehead atoms. The number of carbonyl (C=O) groups excluding carboxylic acids is 1. The van der Waals surface area contributed by atoms with Crippen LogP contribution in [0.3, 0.4) is 0 Å². The molecule has 0 aliphatic heterocycles. The normalized spacial score (nSPS) is 11.1. The van der Waals surface area contributed by atoms with E-state index in [0.29, 0.717) is 19.8 Å². The Morgan fingerprint density at radius 1 is 0.941 bits per heavy atom. The molecule has 3 nitrogen and oxygen atoms in total. The van der Waals surface area contributed by atoms with Crippen molar-refractivity contribution in [1.29, 1.82) is 0 Å². The lowest BCUT2D eigenvalue weighted by atomic mass is 10.1. The Morgan fingerprint density at radius 3 is 2.47 bits per heavy atom. The number of hydrogen-bond donors (Lipinski definition) is 0. The largest absolute Gasteiger partial charge is 0.355 e. The van der Waals surface area contributed by atoms with Crippen LogP contribution in [0, 0.1) is 0 Å². The summed E-state index contributed by atoms with van der Waals surface area (Å²) in [4.78, 5) is 9.99. The van der Waals surface area contributed by atoms with Crippen LogP contribution < -0.4 is 0 Å². The van der Waals surface area contributed by atoms with Crippen molar-refractivity contribution in [3.05, 3.63) is 12.2 Å². The first kappa shape index (κ1) is 16.3. The predicted octanol–water partition coefficient (Wildman–Crippen LogP) is 3.48. The van der Waals surface area contributed by atoms with Crippen LogP contribution in [-0.4, -0.2) is 26.3 Å². The second-order valence-electron chi connectivity index (χ2n) is 4.04. The maximum Gasteiger partial charge on any atom is 0.147 e. The van der Waals surface area contributed by atoms with Gasteiger partial charge in [0.05, 0.1) is 6.61 Å². The molecule has 0 radical (unpaired) electrons. The Kier molecular flexibility index (Phi) is 14.7. The lowest BCUT2D eigenvalue weighted by molar-refractivity contribution is -0.107. The summed E-state index contributed by atoms with van der Waals surface area (Å²) in [5.41, 5.74) is 0. The van der Waals surface area contributed by atoms with Crippen LogP contribution in [0.25, 0.3) is 0 Å². The van der Waals surface area contributed by atoms with Crippen molar-refractivity contribution in [2.24, 2.45) is 0 Å². The van der Waals surface area contributed by atoms with E-state index in [0.717, 1.165) is 19.3 Å². The van der Waals surface area contributed by atoms with E-state index in [4.69, 9.17) is 9.47 Å². The quantitative estimate of drug-likeness (QED) is 0.215. The minimum Gasteiger partial charge on any atom is -0.355 e. The Balaban J connectivity index is 2.96. The van der Waals surface area contributed by atoms with E-state index >= 15 is 0 Å². The molecule has 0 unspecified atom stereocenters. The molecular weight excluding hydrogens is 216 g/mol. The topological polar surface area (TPSA) is 35.5 Å². The molecule has 0 aliphatic carbocycles. The minimum atomic E-state index is 0.348. The van der Waals surface area contributed by atoms with Gasteiger partial charge in [-0.15, -0.1) is 0 Å². The van der Waals surface area contributed by atoms with E-state index in [9.17, 15) is 4.79 Å². The fourth-order valence-corrected chi connectivity index (χ4v) is 1.44. The number of rotatable bonds is 13. The van der Waals surface area contributed by atoms with Crippen molar-refractivity contribution in [3.8, 4) is 0 Å². The second-order valence-corrected chi connectivity index (χ2v) is 4.04. The summed E-state index contributed by atoms with van der Waals surface area (Å²) >= 11 is 0. The summed E-state index contributed by atoms with van der Waals surface area (Å²) in [7, 11) is 0. The molecule has 0 aromatic heterocycles. The highest BCUT2D eigenvalue weighted by molar-refractivity contribution is 5.51. The summed E-state index contributed by atoms with van der Waals surface area (Å²) in [5.74, 6) is 0. The Morgan fingerprint density at radius 2 is 1.71 bits per heavy atom. The molecular formula is C14H26O3. The van der Waals surface area contributed by atoms with Gasteiger partial charge in [0.2, 0.25) is 0 Å². The first-order valence-corrected chi connectivity index (χ1v) is 6.66. The van der Waals surface area contributed by atoms with Gasteiger partial charge in [-0.3, -0.25) is 0 Å². The third-order valence-corrected chi connectivity index (χ3v) is 2.42. The molecule has 0 amide bonds. The molecule has 0 saturated heterocycles. The molecule has 0 fully saturated rings. The Bertz CT molecular complexity index is 178. The Labute approximate surface area is 105 Å². The van der Waals surface area contributed by atoms with E-state index in [1.54, 1.807) is 6.08 Å². The number of aldehydes is 1. The van der Waals surface area contributed by atoms with Crippen molar-refractivity contribution in [3.63, 3.8) is 0 Å². The maximum absolute atomic E-state index is 9.99. The highest BCUT2D eigenvalue weighted by atomic mass is 16.7. The van der Waals surface area contributed by atoms with Crippen molar-refractivity contribution in [2.75, 3.05) is 20.0 Å². The summed E-state index contributed by atoms with van der Waals surface area (Å²) in [6.07, 6.45) is 12.6. The van der Waals surface area contributed by atoms with E-state index < -0.39 is 0 Å². The average Bonchev–Trinajstić information content (AvgIpc) is 2.35. The fourth-order valence-electron chi connectivity index (χ4n) is 1.44. The van der Waals surface area contributed by atoms with Crippen LogP contribution in [0.5, 0.6) is 0 Å². The lowest BCUT2D eigenvalue weighted by Gasteiger charge is -2.04. The summed E-state index contributed by atoms with van der Waals surface area (Å²) < 4.78 is 10.5. The number of ether oxygens (including phenoxy) is 2. The molecule has 0 saturated carbocycles. The van der Waals surface area contributed by atoms with Crippen LogP contribution in [0.4, 0.5) is 0 Å². The molecule has 0 heterocycles. The highest BCUT2D eigenvalue weighted by Crippen LogP contribution is 2.04. The molecule has 0 spiro atoms. The van der Waals surface area contributed by atoms with Gasteiger partial charge in [-0.25, -0.2) is 0 Å². The van der Waals surface area contributed by atoms with Gasteiger partial charge in [-0.1, -0.05) is 51.2 Å². The van der Waals surface area contributed by atoms with Crippen molar-refractivity contribution < 1.29 is 14.3 Å². The average molecular weight is 242 g/mol. The summed E-state index contributed by atoms with van der Waals surface area (Å²) in [6.45, 7) is 3.87. The third-order valence-electron chi connectivity index (χ3n) is 2.42. The van der Waals surface area contributed by atoms with Gasteiger partial charge in [-0.2, -0.15) is 0 Å². The molecule has 17 heavy (non-hydrogen) atoms. The van der Waals surface area contributed by atoms with Crippen LogP contribution in [0.2, 0.25) is 0 Å². The zero-order valence-electron chi connectivity index (χ0n) is 11.0. The first-order chi connectivity index (χ1) is 8.41. The van der Waals surface area contributed by atoms with Gasteiger partial charge in [0.25, 0.3) is 0 Å². The minimum absolute atomic E-state index is 0.348. The molecule has 0 rings (SSSR count). The molecule has 0 atom stereocenters. The summed E-state index contributed by atoms with van der Waals surface area (Å²) in [6, 6.07) is 0. The zero-order valence-corrected chi connectivity index (χ0v) is 11.0. The van der Waals surface area contributed by atoms with Crippen molar-refractivity contribution in [1.82, 2.24) is 0 Å². The first-order valence-electron chi connectivity index (χ1n) is 6.66. The third kappa shape index (κ3) is 15.3. The standard InChI is InChI=1S/C14H26O3/c1-2-3-4-5-6-9-12-16-14-17-13-10-7-8-11-15/h7,10-11H,2-6,8-9,12-14H2,1H3. The van der Waals surface area contributed by atoms with E-state index in [-0.39, 0.29) is 0 Å². The SMILES string of the molecule is CCCCCCCCOCOCC=CCC=O. The predicted molar refractivity (Wildman–Crippen MR) is 70.0 cm³/mol. The van der Waals surface area contributed by atoms with Crippen molar-refractivity contribution >= 4 is 6.29 Å². The van der Waals surface area contributed by atoms with E-state index in [2.05, 4.69) is 6.92 Å². The monoisotopic (exact) mass is 242 g/mol. The van der Waals surface area contributed by atoms with Crippen LogP contribution in [0.15, 0.2) is 12.2 Å². The van der Waals surface area contributed by atoms with Gasteiger partial charge >= 0.3 is 0 Å².